The lowest BCUT2D eigenvalue weighted by atomic mass is 9.73. The molecular formula is C21H30N4O2. The Morgan fingerprint density at radius 2 is 2.15 bits per heavy atom. The summed E-state index contributed by atoms with van der Waals surface area (Å²) in [5.41, 5.74) is 1.18. The molecule has 6 nitrogen and oxygen atoms in total. The Kier molecular flexibility index (Phi) is 5.43. The van der Waals surface area contributed by atoms with Gasteiger partial charge in [-0.3, -0.25) is 19.5 Å². The van der Waals surface area contributed by atoms with Crippen LogP contribution in [-0.2, 0) is 16.0 Å². The van der Waals surface area contributed by atoms with Crippen LogP contribution in [-0.4, -0.2) is 65.4 Å². The first kappa shape index (κ1) is 18.4. The molecule has 146 valence electrons. The first-order valence-corrected chi connectivity index (χ1v) is 10.3. The van der Waals surface area contributed by atoms with E-state index in [0.29, 0.717) is 19.0 Å². The third-order valence-corrected chi connectivity index (χ3v) is 6.16. The number of carbonyl (C=O) groups excluding carboxylic acids is 2. The van der Waals surface area contributed by atoms with Crippen molar-refractivity contribution in [2.75, 3.05) is 32.7 Å². The molecule has 3 heterocycles. The molecule has 1 aromatic rings. The molecule has 1 spiro atoms. The molecule has 1 saturated carbocycles. The molecule has 3 aliphatic rings. The quantitative estimate of drug-likeness (QED) is 0.826. The van der Waals surface area contributed by atoms with Gasteiger partial charge in [-0.1, -0.05) is 6.07 Å². The van der Waals surface area contributed by atoms with Crippen LogP contribution in [0, 0.1) is 5.41 Å². The van der Waals surface area contributed by atoms with Gasteiger partial charge in [-0.15, -0.1) is 0 Å². The highest BCUT2D eigenvalue weighted by molar-refractivity contribution is 5.79. The van der Waals surface area contributed by atoms with E-state index >= 15 is 0 Å². The number of aromatic nitrogens is 1. The van der Waals surface area contributed by atoms with Crippen LogP contribution in [0.15, 0.2) is 24.4 Å². The molecule has 0 bridgehead atoms. The van der Waals surface area contributed by atoms with Gasteiger partial charge in [0.15, 0.2) is 0 Å². The zero-order valence-corrected chi connectivity index (χ0v) is 16.0. The van der Waals surface area contributed by atoms with Crippen LogP contribution in [0.4, 0.5) is 0 Å². The minimum absolute atomic E-state index is 0.149. The number of hydrogen-bond acceptors (Lipinski definition) is 4. The second-order valence-electron chi connectivity index (χ2n) is 8.54. The average molecular weight is 370 g/mol. The lowest BCUT2D eigenvalue weighted by Gasteiger charge is -2.48. The lowest BCUT2D eigenvalue weighted by molar-refractivity contribution is -0.140. The smallest absolute Gasteiger partial charge is 0.234 e. The summed E-state index contributed by atoms with van der Waals surface area (Å²) in [7, 11) is 0. The molecule has 3 fully saturated rings. The number of hydrogen-bond donors (Lipinski definition) is 1. The highest BCUT2D eigenvalue weighted by Gasteiger charge is 2.41. The summed E-state index contributed by atoms with van der Waals surface area (Å²) in [4.78, 5) is 33.3. The Morgan fingerprint density at radius 1 is 1.26 bits per heavy atom. The van der Waals surface area contributed by atoms with Gasteiger partial charge < -0.3 is 10.2 Å². The average Bonchev–Trinajstić information content (AvgIpc) is 3.47. The Hall–Kier alpha value is -1.95. The van der Waals surface area contributed by atoms with Gasteiger partial charge in [0.1, 0.15) is 0 Å². The SMILES string of the molecule is O=C(CN1CCCC2(CCC(=O)N(CCc3ccccn3)C2)C1)NC1CC1. The molecule has 2 amide bonds. The number of likely N-dealkylation sites (tertiary alicyclic amines) is 2. The number of carbonyl (C=O) groups is 2. The molecule has 27 heavy (non-hydrogen) atoms. The van der Waals surface area contributed by atoms with Gasteiger partial charge in [0.2, 0.25) is 11.8 Å². The second-order valence-corrected chi connectivity index (χ2v) is 8.54. The van der Waals surface area contributed by atoms with E-state index in [9.17, 15) is 9.59 Å². The Labute approximate surface area is 161 Å². The summed E-state index contributed by atoms with van der Waals surface area (Å²) in [6.45, 7) is 3.97. The van der Waals surface area contributed by atoms with E-state index in [2.05, 4.69) is 15.2 Å². The lowest BCUT2D eigenvalue weighted by Crippen LogP contribution is -2.55. The fourth-order valence-corrected chi connectivity index (χ4v) is 4.58. The van der Waals surface area contributed by atoms with Crippen LogP contribution in [0.5, 0.6) is 0 Å². The summed E-state index contributed by atoms with van der Waals surface area (Å²) in [6, 6.07) is 6.35. The minimum Gasteiger partial charge on any atom is -0.352 e. The monoisotopic (exact) mass is 370 g/mol. The predicted molar refractivity (Wildman–Crippen MR) is 103 cm³/mol. The Bertz CT molecular complexity index is 676. The molecule has 0 radical (unpaired) electrons. The van der Waals surface area contributed by atoms with Gasteiger partial charge in [0, 0.05) is 55.8 Å². The van der Waals surface area contributed by atoms with Gasteiger partial charge in [-0.2, -0.15) is 0 Å². The number of nitrogens with one attached hydrogen (secondary N) is 1. The van der Waals surface area contributed by atoms with E-state index in [1.54, 1.807) is 6.20 Å². The molecule has 1 aromatic heterocycles. The predicted octanol–water partition coefficient (Wildman–Crippen LogP) is 1.61. The summed E-state index contributed by atoms with van der Waals surface area (Å²) in [6.07, 6.45) is 8.71. The molecule has 2 saturated heterocycles. The largest absolute Gasteiger partial charge is 0.352 e. The number of nitrogens with zero attached hydrogens (tertiary/aromatic N) is 3. The molecule has 2 aliphatic heterocycles. The fraction of sp³-hybridized carbons (Fsp3) is 0.667. The third-order valence-electron chi connectivity index (χ3n) is 6.16. The Morgan fingerprint density at radius 3 is 2.93 bits per heavy atom. The van der Waals surface area contributed by atoms with Crippen molar-refractivity contribution in [3.63, 3.8) is 0 Å². The van der Waals surface area contributed by atoms with Crippen LogP contribution in [0.1, 0.15) is 44.2 Å². The van der Waals surface area contributed by atoms with E-state index in [-0.39, 0.29) is 17.2 Å². The van der Waals surface area contributed by atoms with Gasteiger partial charge >= 0.3 is 0 Å². The van der Waals surface area contributed by atoms with Crippen molar-refractivity contribution in [1.29, 1.82) is 0 Å². The van der Waals surface area contributed by atoms with Crippen LogP contribution in [0.3, 0.4) is 0 Å². The normalized spacial score (nSPS) is 26.4. The maximum absolute atomic E-state index is 12.5. The van der Waals surface area contributed by atoms with E-state index in [0.717, 1.165) is 70.4 Å². The highest BCUT2D eigenvalue weighted by atomic mass is 16.2. The summed E-state index contributed by atoms with van der Waals surface area (Å²) < 4.78 is 0. The maximum Gasteiger partial charge on any atom is 0.234 e. The summed E-state index contributed by atoms with van der Waals surface area (Å²) in [5.74, 6) is 0.425. The summed E-state index contributed by atoms with van der Waals surface area (Å²) in [5, 5.41) is 3.09. The van der Waals surface area contributed by atoms with E-state index in [4.69, 9.17) is 0 Å². The number of pyridine rings is 1. The standard InChI is InChI=1S/C21H30N4O2/c26-19(23-18-5-6-18)14-24-12-3-9-21(15-24)10-7-20(27)25(16-21)13-8-17-4-1-2-11-22-17/h1-2,4,11,18H,3,5-10,12-16H2,(H,23,26). The number of piperidine rings is 2. The second kappa shape index (κ2) is 7.97. The number of amides is 2. The molecule has 0 aromatic carbocycles. The minimum atomic E-state index is 0.149. The topological polar surface area (TPSA) is 65.5 Å². The van der Waals surface area contributed by atoms with E-state index in [1.807, 2.05) is 23.1 Å². The van der Waals surface area contributed by atoms with E-state index in [1.165, 1.54) is 0 Å². The van der Waals surface area contributed by atoms with Crippen LogP contribution in [0.25, 0.3) is 0 Å². The van der Waals surface area contributed by atoms with Crippen LogP contribution >= 0.6 is 0 Å². The van der Waals surface area contributed by atoms with Crippen molar-refractivity contribution in [3.8, 4) is 0 Å². The zero-order valence-electron chi connectivity index (χ0n) is 16.0. The molecule has 1 N–H and O–H groups in total. The van der Waals surface area contributed by atoms with Crippen molar-refractivity contribution in [2.45, 2.75) is 51.0 Å². The molecule has 1 unspecified atom stereocenters. The highest BCUT2D eigenvalue weighted by Crippen LogP contribution is 2.38. The van der Waals surface area contributed by atoms with Gasteiger partial charge in [0.25, 0.3) is 0 Å². The zero-order chi connectivity index (χ0) is 18.7. The first-order valence-electron chi connectivity index (χ1n) is 10.3. The van der Waals surface area contributed by atoms with Crippen molar-refractivity contribution in [3.05, 3.63) is 30.1 Å². The van der Waals surface area contributed by atoms with E-state index < -0.39 is 0 Å². The van der Waals surface area contributed by atoms with Gasteiger partial charge in [-0.05, 0) is 50.8 Å². The third kappa shape index (κ3) is 4.86. The molecular weight excluding hydrogens is 340 g/mol. The molecule has 1 aliphatic carbocycles. The van der Waals surface area contributed by atoms with Crippen molar-refractivity contribution >= 4 is 11.8 Å². The molecule has 6 heteroatoms. The maximum atomic E-state index is 12.5. The van der Waals surface area contributed by atoms with Crippen LogP contribution < -0.4 is 5.32 Å². The van der Waals surface area contributed by atoms with Crippen molar-refractivity contribution < 1.29 is 9.59 Å². The molecule has 4 rings (SSSR count). The molecule has 1 atom stereocenters. The van der Waals surface area contributed by atoms with Gasteiger partial charge in [0.05, 0.1) is 6.54 Å². The fourth-order valence-electron chi connectivity index (χ4n) is 4.58. The van der Waals surface area contributed by atoms with Gasteiger partial charge in [-0.25, -0.2) is 0 Å². The summed E-state index contributed by atoms with van der Waals surface area (Å²) >= 11 is 0. The van der Waals surface area contributed by atoms with Crippen LogP contribution in [0.2, 0.25) is 0 Å². The number of rotatable bonds is 6. The van der Waals surface area contributed by atoms with Crippen molar-refractivity contribution in [1.82, 2.24) is 20.1 Å². The first-order chi connectivity index (χ1) is 13.1. The Balaban J connectivity index is 1.33. The van der Waals surface area contributed by atoms with Crippen molar-refractivity contribution in [2.24, 2.45) is 5.41 Å².